The molecule has 49 heavy (non-hydrogen) atoms. The lowest BCUT2D eigenvalue weighted by atomic mass is 9.84. The molecule has 0 radical (unpaired) electrons. The molecule has 8 aromatic rings. The van der Waals surface area contributed by atoms with Gasteiger partial charge < -0.3 is 4.90 Å². The Morgan fingerprint density at radius 1 is 0.429 bits per heavy atom. The zero-order chi connectivity index (χ0) is 33.7. The van der Waals surface area contributed by atoms with Crippen molar-refractivity contribution in [3.05, 3.63) is 173 Å². The second-order valence-electron chi connectivity index (χ2n) is 13.7. The highest BCUT2D eigenvalue weighted by molar-refractivity contribution is 6.44. The number of hydrogen-bond donors (Lipinski definition) is 0. The number of rotatable bonds is 5. The zero-order valence-corrected chi connectivity index (χ0v) is 29.2. The molecule has 0 bridgehead atoms. The molecule has 1 nitrogen and oxygen atoms in total. The van der Waals surface area contributed by atoms with Gasteiger partial charge in [-0.05, 0) is 102 Å². The van der Waals surface area contributed by atoms with Crippen molar-refractivity contribution in [2.24, 2.45) is 0 Å². The standard InChI is InChI=1S/C46H35Cl2N/c1-46(2,3)33-23-27-43(49(44-19-11-18-42(47)45(44)48)34-24-20-31(21-25-34)30-12-5-4-6-13-30)40(29-33)32-22-26-39-37-16-8-7-14-35(37)36-15-9-10-17-38(36)41(39)28-32/h4-29H,1-3H3. The SMILES string of the molecule is CC(C)(C)c1ccc(N(c2ccc(-c3ccccc3)cc2)c2cccc(Cl)c2Cl)c(-c2ccc3c4ccccc4c4ccccc4c3c2)c1. The minimum absolute atomic E-state index is 0.0527. The molecule has 0 unspecified atom stereocenters. The molecular weight excluding hydrogens is 637 g/mol. The second kappa shape index (κ2) is 12.4. The van der Waals surface area contributed by atoms with Crippen molar-refractivity contribution in [3.8, 4) is 22.3 Å². The predicted octanol–water partition coefficient (Wildman–Crippen LogP) is 14.6. The Kier molecular flexibility index (Phi) is 7.91. The second-order valence-corrected chi connectivity index (χ2v) is 14.4. The van der Waals surface area contributed by atoms with Gasteiger partial charge in [0.1, 0.15) is 0 Å². The summed E-state index contributed by atoms with van der Waals surface area (Å²) < 4.78 is 0. The van der Waals surface area contributed by atoms with Crippen molar-refractivity contribution in [3.63, 3.8) is 0 Å². The van der Waals surface area contributed by atoms with Gasteiger partial charge in [-0.2, -0.15) is 0 Å². The van der Waals surface area contributed by atoms with Gasteiger partial charge in [0, 0.05) is 11.3 Å². The van der Waals surface area contributed by atoms with Gasteiger partial charge in [-0.3, -0.25) is 0 Å². The van der Waals surface area contributed by atoms with Crippen LogP contribution in [0.4, 0.5) is 17.1 Å². The highest BCUT2D eigenvalue weighted by Gasteiger charge is 2.24. The van der Waals surface area contributed by atoms with Crippen molar-refractivity contribution in [1.82, 2.24) is 0 Å². The van der Waals surface area contributed by atoms with Gasteiger partial charge in [-0.15, -0.1) is 0 Å². The molecule has 0 N–H and O–H groups in total. The molecule has 0 saturated heterocycles. The third-order valence-electron chi connectivity index (χ3n) is 9.56. The maximum atomic E-state index is 7.04. The topological polar surface area (TPSA) is 3.24 Å². The van der Waals surface area contributed by atoms with Crippen molar-refractivity contribution in [2.75, 3.05) is 4.90 Å². The zero-order valence-electron chi connectivity index (χ0n) is 27.7. The Labute approximate surface area is 298 Å². The van der Waals surface area contributed by atoms with Gasteiger partial charge >= 0.3 is 0 Å². The van der Waals surface area contributed by atoms with Crippen LogP contribution in [0.2, 0.25) is 10.0 Å². The van der Waals surface area contributed by atoms with Gasteiger partial charge in [0.25, 0.3) is 0 Å². The van der Waals surface area contributed by atoms with Crippen molar-refractivity contribution < 1.29 is 0 Å². The van der Waals surface area contributed by atoms with Crippen LogP contribution in [0.25, 0.3) is 54.6 Å². The summed E-state index contributed by atoms with van der Waals surface area (Å²) in [5.41, 5.74) is 8.62. The lowest BCUT2D eigenvalue weighted by molar-refractivity contribution is 0.590. The highest BCUT2D eigenvalue weighted by atomic mass is 35.5. The summed E-state index contributed by atoms with van der Waals surface area (Å²) in [6.07, 6.45) is 0. The molecule has 0 heterocycles. The summed E-state index contributed by atoms with van der Waals surface area (Å²) in [6.45, 7) is 6.79. The summed E-state index contributed by atoms with van der Waals surface area (Å²) >= 11 is 13.7. The molecule has 8 rings (SSSR count). The van der Waals surface area contributed by atoms with E-state index in [1.165, 1.54) is 43.4 Å². The molecule has 238 valence electrons. The first-order chi connectivity index (χ1) is 23.8. The van der Waals surface area contributed by atoms with E-state index in [0.29, 0.717) is 10.0 Å². The molecule has 0 aliphatic heterocycles. The van der Waals surface area contributed by atoms with E-state index in [4.69, 9.17) is 23.2 Å². The Balaban J connectivity index is 1.40. The Bertz CT molecular complexity index is 2460. The van der Waals surface area contributed by atoms with Crippen LogP contribution in [-0.4, -0.2) is 0 Å². The molecule has 0 aromatic heterocycles. The van der Waals surface area contributed by atoms with E-state index in [1.807, 2.05) is 24.3 Å². The van der Waals surface area contributed by atoms with E-state index < -0.39 is 0 Å². The number of halogens is 2. The quantitative estimate of drug-likeness (QED) is 0.165. The van der Waals surface area contributed by atoms with Gasteiger partial charge in [0.15, 0.2) is 0 Å². The van der Waals surface area contributed by atoms with Crippen LogP contribution in [0, 0.1) is 0 Å². The van der Waals surface area contributed by atoms with Crippen LogP contribution in [0.3, 0.4) is 0 Å². The number of nitrogens with zero attached hydrogens (tertiary/aromatic N) is 1. The van der Waals surface area contributed by atoms with E-state index in [2.05, 4.69) is 159 Å². The largest absolute Gasteiger partial charge is 0.308 e. The lowest BCUT2D eigenvalue weighted by Crippen LogP contribution is -2.15. The third kappa shape index (κ3) is 5.64. The molecule has 0 spiro atoms. The van der Waals surface area contributed by atoms with Crippen LogP contribution in [0.1, 0.15) is 26.3 Å². The molecule has 0 atom stereocenters. The van der Waals surface area contributed by atoms with Crippen LogP contribution in [0.5, 0.6) is 0 Å². The summed E-state index contributed by atoms with van der Waals surface area (Å²) in [4.78, 5) is 2.24. The van der Waals surface area contributed by atoms with E-state index >= 15 is 0 Å². The maximum Gasteiger partial charge on any atom is 0.0832 e. The third-order valence-corrected chi connectivity index (χ3v) is 10.4. The molecule has 8 aromatic carbocycles. The van der Waals surface area contributed by atoms with E-state index in [1.54, 1.807) is 0 Å². The van der Waals surface area contributed by atoms with Gasteiger partial charge in [0.05, 0.1) is 21.4 Å². The van der Waals surface area contributed by atoms with Crippen LogP contribution < -0.4 is 4.90 Å². The molecule has 3 heteroatoms. The molecule has 0 amide bonds. The van der Waals surface area contributed by atoms with Gasteiger partial charge in [0.2, 0.25) is 0 Å². The normalized spacial score (nSPS) is 11.8. The van der Waals surface area contributed by atoms with Crippen LogP contribution in [-0.2, 0) is 5.41 Å². The van der Waals surface area contributed by atoms with E-state index in [-0.39, 0.29) is 5.41 Å². The van der Waals surface area contributed by atoms with Crippen molar-refractivity contribution in [1.29, 1.82) is 0 Å². The first kappa shape index (κ1) is 31.2. The molecule has 0 aliphatic carbocycles. The number of fused-ring (bicyclic) bond motifs is 6. The smallest absolute Gasteiger partial charge is 0.0832 e. The fourth-order valence-electron chi connectivity index (χ4n) is 7.01. The van der Waals surface area contributed by atoms with E-state index in [0.717, 1.165) is 33.8 Å². The fraction of sp³-hybridized carbons (Fsp3) is 0.0870. The average Bonchev–Trinajstić information content (AvgIpc) is 3.14. The minimum Gasteiger partial charge on any atom is -0.308 e. The van der Waals surface area contributed by atoms with Crippen LogP contribution in [0.15, 0.2) is 158 Å². The van der Waals surface area contributed by atoms with Gasteiger partial charge in [-0.25, -0.2) is 0 Å². The van der Waals surface area contributed by atoms with Gasteiger partial charge in [-0.1, -0.05) is 159 Å². The van der Waals surface area contributed by atoms with Crippen LogP contribution >= 0.6 is 23.2 Å². The number of benzene rings is 8. The first-order valence-electron chi connectivity index (χ1n) is 16.7. The molecule has 0 fully saturated rings. The maximum absolute atomic E-state index is 7.04. The summed E-state index contributed by atoms with van der Waals surface area (Å²) in [6, 6.07) is 56.2. The molecular formula is C46H35Cl2N. The fourth-order valence-corrected chi connectivity index (χ4v) is 7.39. The lowest BCUT2D eigenvalue weighted by Gasteiger charge is -2.30. The summed E-state index contributed by atoms with van der Waals surface area (Å²) in [7, 11) is 0. The molecule has 0 saturated carbocycles. The first-order valence-corrected chi connectivity index (χ1v) is 17.4. The van der Waals surface area contributed by atoms with Crippen molar-refractivity contribution >= 4 is 72.6 Å². The predicted molar refractivity (Wildman–Crippen MR) is 213 cm³/mol. The van der Waals surface area contributed by atoms with E-state index in [9.17, 15) is 0 Å². The van der Waals surface area contributed by atoms with Crippen molar-refractivity contribution in [2.45, 2.75) is 26.2 Å². The Hall–Kier alpha value is -5.08. The molecule has 0 aliphatic rings. The monoisotopic (exact) mass is 671 g/mol. The minimum atomic E-state index is -0.0527. The average molecular weight is 673 g/mol. The number of hydrogen-bond acceptors (Lipinski definition) is 1. The summed E-state index contributed by atoms with van der Waals surface area (Å²) in [5, 5.41) is 8.55. The summed E-state index contributed by atoms with van der Waals surface area (Å²) in [5.74, 6) is 0. The number of anilines is 3. The Morgan fingerprint density at radius 3 is 1.61 bits per heavy atom. The highest BCUT2D eigenvalue weighted by Crippen LogP contribution is 2.47. The Morgan fingerprint density at radius 2 is 0.980 bits per heavy atom.